The summed E-state index contributed by atoms with van der Waals surface area (Å²) in [7, 11) is -4.89. The van der Waals surface area contributed by atoms with Gasteiger partial charge in [0.1, 0.15) is 4.90 Å². The van der Waals surface area contributed by atoms with Gasteiger partial charge in [0.05, 0.1) is 36.2 Å². The molecule has 0 bridgehead atoms. The van der Waals surface area contributed by atoms with Crippen LogP contribution < -0.4 is 20.1 Å². The molecule has 0 unspecified atom stereocenters. The quantitative estimate of drug-likeness (QED) is 0.363. The predicted octanol–water partition coefficient (Wildman–Crippen LogP) is 4.07. The highest BCUT2D eigenvalue weighted by Crippen LogP contribution is 2.42. The predicted molar refractivity (Wildman–Crippen MR) is 152 cm³/mol. The van der Waals surface area contributed by atoms with E-state index in [-0.39, 0.29) is 38.4 Å². The van der Waals surface area contributed by atoms with Gasteiger partial charge in [0.25, 0.3) is 0 Å². The van der Waals surface area contributed by atoms with Gasteiger partial charge in [-0.25, -0.2) is 16.8 Å². The molecule has 12 heteroatoms. The largest absolute Gasteiger partial charge is 0.493 e. The smallest absolute Gasteiger partial charge is 0.243 e. The van der Waals surface area contributed by atoms with E-state index in [1.54, 1.807) is 18.2 Å². The molecule has 4 rings (SSSR count). The number of hydrogen-bond donors (Lipinski definition) is 2. The summed E-state index contributed by atoms with van der Waals surface area (Å²) in [5.41, 5.74) is 1.48. The van der Waals surface area contributed by atoms with Crippen molar-refractivity contribution < 1.29 is 31.1 Å². The van der Waals surface area contributed by atoms with Crippen LogP contribution in [0.4, 0.5) is 11.4 Å². The van der Waals surface area contributed by atoms with Gasteiger partial charge in [0.15, 0.2) is 11.5 Å². The molecular weight excluding hydrogens is 554 g/mol. The lowest BCUT2D eigenvalue weighted by atomic mass is 10.2. The third-order valence-corrected chi connectivity index (χ3v) is 10.4. The van der Waals surface area contributed by atoms with Gasteiger partial charge < -0.3 is 20.1 Å². The fraction of sp³-hybridized carbons (Fsp3) is 0.321. The maximum Gasteiger partial charge on any atom is 0.243 e. The number of amides is 1. The van der Waals surface area contributed by atoms with E-state index in [9.17, 15) is 21.6 Å². The standard InChI is InChI=1S/C28H33N3O7S2/c1-20-7-11-22(12-8-20)39(33,34)28-24(15-16-25(37-2)27(28)38-3)29-19-26(32)30-21-9-13-23(14-10-21)40(35,36)31-17-5-4-6-18-31/h7-16,29H,4-6,17-19H2,1-3H3,(H,30,32). The maximum atomic E-state index is 13.6. The fourth-order valence-electron chi connectivity index (χ4n) is 4.49. The Hall–Kier alpha value is -3.61. The number of methoxy groups -OCH3 is 2. The zero-order valence-corrected chi connectivity index (χ0v) is 24.3. The van der Waals surface area contributed by atoms with E-state index in [4.69, 9.17) is 9.47 Å². The number of hydrogen-bond acceptors (Lipinski definition) is 8. The Kier molecular flexibility index (Phi) is 9.02. The Labute approximate surface area is 235 Å². The van der Waals surface area contributed by atoms with E-state index in [0.717, 1.165) is 24.8 Å². The van der Waals surface area contributed by atoms with Crippen LogP contribution in [0.1, 0.15) is 24.8 Å². The molecule has 0 aromatic heterocycles. The molecule has 1 saturated heterocycles. The summed E-state index contributed by atoms with van der Waals surface area (Å²) in [6.45, 7) is 2.60. The summed E-state index contributed by atoms with van der Waals surface area (Å²) < 4.78 is 65.3. The zero-order valence-electron chi connectivity index (χ0n) is 22.6. The van der Waals surface area contributed by atoms with E-state index < -0.39 is 25.8 Å². The molecule has 1 fully saturated rings. The van der Waals surface area contributed by atoms with E-state index >= 15 is 0 Å². The van der Waals surface area contributed by atoms with Crippen molar-refractivity contribution in [3.63, 3.8) is 0 Å². The summed E-state index contributed by atoms with van der Waals surface area (Å²) in [5, 5.41) is 5.60. The topological polar surface area (TPSA) is 131 Å². The van der Waals surface area contributed by atoms with E-state index in [1.807, 2.05) is 6.92 Å². The molecule has 3 aromatic rings. The summed E-state index contributed by atoms with van der Waals surface area (Å²) in [5.74, 6) is -0.220. The number of nitrogens with zero attached hydrogens (tertiary/aromatic N) is 1. The lowest BCUT2D eigenvalue weighted by Gasteiger charge is -2.25. The number of nitrogens with one attached hydrogen (secondary N) is 2. The van der Waals surface area contributed by atoms with Crippen LogP contribution in [0.2, 0.25) is 0 Å². The number of carbonyl (C=O) groups excluding carboxylic acids is 1. The van der Waals surface area contributed by atoms with Crippen molar-refractivity contribution in [3.8, 4) is 11.5 Å². The average Bonchev–Trinajstić information content (AvgIpc) is 2.96. The summed E-state index contributed by atoms with van der Waals surface area (Å²) >= 11 is 0. The van der Waals surface area contributed by atoms with Gasteiger partial charge in [-0.05, 0) is 68.3 Å². The summed E-state index contributed by atoms with van der Waals surface area (Å²) in [6, 6.07) is 15.5. The molecule has 0 saturated carbocycles. The summed E-state index contributed by atoms with van der Waals surface area (Å²) in [6.07, 6.45) is 2.71. The molecule has 0 spiro atoms. The molecule has 0 aliphatic carbocycles. The first-order valence-electron chi connectivity index (χ1n) is 12.8. The molecule has 214 valence electrons. The van der Waals surface area contributed by atoms with Crippen LogP contribution in [-0.2, 0) is 24.7 Å². The first kappa shape index (κ1) is 29.4. The van der Waals surface area contributed by atoms with Crippen LogP contribution in [0.5, 0.6) is 11.5 Å². The Morgan fingerprint density at radius 1 is 0.825 bits per heavy atom. The number of carbonyl (C=O) groups is 1. The second kappa shape index (κ2) is 12.3. The molecule has 0 radical (unpaired) electrons. The Bertz CT molecular complexity index is 1570. The first-order valence-corrected chi connectivity index (χ1v) is 15.7. The highest BCUT2D eigenvalue weighted by atomic mass is 32.2. The minimum atomic E-state index is -4.06. The maximum absolute atomic E-state index is 13.6. The Morgan fingerprint density at radius 2 is 1.45 bits per heavy atom. The van der Waals surface area contributed by atoms with Gasteiger partial charge >= 0.3 is 0 Å². The Balaban J connectivity index is 1.52. The number of sulfonamides is 1. The molecular formula is C28H33N3O7S2. The lowest BCUT2D eigenvalue weighted by molar-refractivity contribution is -0.114. The van der Waals surface area contributed by atoms with Crippen LogP contribution in [0, 0.1) is 6.92 Å². The second-order valence-electron chi connectivity index (χ2n) is 9.39. The van der Waals surface area contributed by atoms with E-state index in [0.29, 0.717) is 18.8 Å². The molecule has 1 amide bonds. The molecule has 1 aliphatic heterocycles. The number of benzene rings is 3. The Morgan fingerprint density at radius 3 is 2.05 bits per heavy atom. The second-order valence-corrected chi connectivity index (χ2v) is 13.2. The van der Waals surface area contributed by atoms with Crippen molar-refractivity contribution >= 4 is 37.1 Å². The fourth-order valence-corrected chi connectivity index (χ4v) is 7.59. The van der Waals surface area contributed by atoms with Crippen molar-refractivity contribution in [1.29, 1.82) is 0 Å². The van der Waals surface area contributed by atoms with Gasteiger partial charge in [-0.1, -0.05) is 24.1 Å². The zero-order chi connectivity index (χ0) is 28.9. The van der Waals surface area contributed by atoms with E-state index in [2.05, 4.69) is 10.6 Å². The van der Waals surface area contributed by atoms with Crippen molar-refractivity contribution in [3.05, 3.63) is 66.2 Å². The highest BCUT2D eigenvalue weighted by molar-refractivity contribution is 7.91. The van der Waals surface area contributed by atoms with Crippen LogP contribution in [0.15, 0.2) is 75.4 Å². The molecule has 10 nitrogen and oxygen atoms in total. The molecule has 1 aliphatic rings. The van der Waals surface area contributed by atoms with Gasteiger partial charge in [-0.2, -0.15) is 4.31 Å². The minimum Gasteiger partial charge on any atom is -0.493 e. The molecule has 3 aromatic carbocycles. The van der Waals surface area contributed by atoms with Gasteiger partial charge in [0, 0.05) is 18.8 Å². The average molecular weight is 588 g/mol. The van der Waals surface area contributed by atoms with Gasteiger partial charge in [0.2, 0.25) is 25.8 Å². The van der Waals surface area contributed by atoms with Crippen LogP contribution in [-0.4, -0.2) is 60.9 Å². The number of anilines is 2. The first-order chi connectivity index (χ1) is 19.1. The van der Waals surface area contributed by atoms with Crippen LogP contribution >= 0.6 is 0 Å². The molecule has 0 atom stereocenters. The van der Waals surface area contributed by atoms with Gasteiger partial charge in [-0.3, -0.25) is 4.79 Å². The molecule has 1 heterocycles. The normalized spacial score (nSPS) is 14.4. The van der Waals surface area contributed by atoms with Gasteiger partial charge in [-0.15, -0.1) is 0 Å². The minimum absolute atomic E-state index is 0.0130. The summed E-state index contributed by atoms with van der Waals surface area (Å²) in [4.78, 5) is 12.8. The van der Waals surface area contributed by atoms with Crippen molar-refractivity contribution in [2.24, 2.45) is 0 Å². The van der Waals surface area contributed by atoms with Crippen molar-refractivity contribution in [2.75, 3.05) is 44.5 Å². The van der Waals surface area contributed by atoms with Crippen molar-refractivity contribution in [1.82, 2.24) is 4.31 Å². The number of rotatable bonds is 10. The highest BCUT2D eigenvalue weighted by Gasteiger charge is 2.29. The molecule has 40 heavy (non-hydrogen) atoms. The van der Waals surface area contributed by atoms with Crippen molar-refractivity contribution in [2.45, 2.75) is 40.9 Å². The third-order valence-electron chi connectivity index (χ3n) is 6.63. The number of ether oxygens (including phenoxy) is 2. The number of aryl methyl sites for hydroxylation is 1. The van der Waals surface area contributed by atoms with Crippen LogP contribution in [0.25, 0.3) is 0 Å². The third kappa shape index (κ3) is 6.24. The van der Waals surface area contributed by atoms with Crippen LogP contribution in [0.3, 0.4) is 0 Å². The monoisotopic (exact) mass is 587 g/mol. The number of piperidine rings is 1. The molecule has 2 N–H and O–H groups in total. The SMILES string of the molecule is COc1ccc(NCC(=O)Nc2ccc(S(=O)(=O)N3CCCCC3)cc2)c(S(=O)(=O)c2ccc(C)cc2)c1OC. The van der Waals surface area contributed by atoms with E-state index in [1.165, 1.54) is 61.0 Å². The number of sulfone groups is 1. The lowest BCUT2D eigenvalue weighted by Crippen LogP contribution is -2.35.